The number of amides is 1. The van der Waals surface area contributed by atoms with Crippen LogP contribution in [0.1, 0.15) is 47.5 Å². The summed E-state index contributed by atoms with van der Waals surface area (Å²) >= 11 is 0. The quantitative estimate of drug-likeness (QED) is 0.679. The molecule has 2 aromatic carbocycles. The van der Waals surface area contributed by atoms with Crippen molar-refractivity contribution in [2.75, 3.05) is 39.1 Å². The van der Waals surface area contributed by atoms with E-state index in [1.54, 1.807) is 7.05 Å². The molecule has 1 unspecified atom stereocenters. The number of carbonyl (C=O) groups excluding carboxylic acids is 3. The molecule has 0 bridgehead atoms. The van der Waals surface area contributed by atoms with Gasteiger partial charge in [0.1, 0.15) is 6.29 Å². The Morgan fingerprint density at radius 1 is 1.23 bits per heavy atom. The average Bonchev–Trinajstić information content (AvgIpc) is 2.78. The van der Waals surface area contributed by atoms with E-state index in [2.05, 4.69) is 29.4 Å². The van der Waals surface area contributed by atoms with Gasteiger partial charge < -0.3 is 19.9 Å². The summed E-state index contributed by atoms with van der Waals surface area (Å²) < 4.78 is 0. The van der Waals surface area contributed by atoms with Crippen molar-refractivity contribution in [2.45, 2.75) is 37.6 Å². The molecular weight excluding hydrogens is 378 g/mol. The second kappa shape index (κ2) is 9.85. The first-order valence-corrected chi connectivity index (χ1v) is 10.6. The highest BCUT2D eigenvalue weighted by molar-refractivity contribution is 6.07. The number of likely N-dealkylation sites (N-methyl/N-ethyl adjacent to an activating group) is 1. The molecule has 1 aliphatic heterocycles. The van der Waals surface area contributed by atoms with Gasteiger partial charge in [-0.15, -0.1) is 0 Å². The normalized spacial score (nSPS) is 16.2. The van der Waals surface area contributed by atoms with Gasteiger partial charge >= 0.3 is 0 Å². The van der Waals surface area contributed by atoms with Crippen LogP contribution in [0.2, 0.25) is 0 Å². The fourth-order valence-corrected chi connectivity index (χ4v) is 4.44. The van der Waals surface area contributed by atoms with Gasteiger partial charge in [-0.3, -0.25) is 9.59 Å². The highest BCUT2D eigenvalue weighted by Gasteiger charge is 2.24. The Balaban J connectivity index is 2.02. The molecule has 160 valence electrons. The molecule has 0 aliphatic carbocycles. The number of rotatable bonds is 8. The van der Waals surface area contributed by atoms with E-state index in [1.165, 1.54) is 5.56 Å². The summed E-state index contributed by atoms with van der Waals surface area (Å²) in [5.74, 6) is 0.367. The maximum absolute atomic E-state index is 11.9. The van der Waals surface area contributed by atoms with Gasteiger partial charge in [0, 0.05) is 37.2 Å². The standard InChI is InChI=1S/C24H31N3O3/c1-25-23(30)10-7-19(16-29)27(3)22-9-8-20(17-11-13-26(2)14-12-17)21-6-4-5-18(15-28)24(21)22/h4-6,8-9,15-17,19H,7,10-14H2,1-3H3,(H,25,30). The molecule has 1 heterocycles. The van der Waals surface area contributed by atoms with Crippen LogP contribution in [0, 0.1) is 0 Å². The zero-order valence-corrected chi connectivity index (χ0v) is 18.1. The Kier molecular flexibility index (Phi) is 7.21. The van der Waals surface area contributed by atoms with Gasteiger partial charge in [0.25, 0.3) is 0 Å². The Morgan fingerprint density at radius 2 is 1.97 bits per heavy atom. The lowest BCUT2D eigenvalue weighted by atomic mass is 9.85. The van der Waals surface area contributed by atoms with Gasteiger partial charge in [0.2, 0.25) is 5.91 Å². The summed E-state index contributed by atoms with van der Waals surface area (Å²) in [6.45, 7) is 2.13. The van der Waals surface area contributed by atoms with E-state index in [1.807, 2.05) is 30.1 Å². The van der Waals surface area contributed by atoms with Crippen LogP contribution in [0.15, 0.2) is 30.3 Å². The Labute approximate surface area is 178 Å². The first-order chi connectivity index (χ1) is 14.5. The summed E-state index contributed by atoms with van der Waals surface area (Å²) in [6, 6.07) is 9.56. The molecule has 1 saturated heterocycles. The number of hydrogen-bond donors (Lipinski definition) is 1. The minimum atomic E-state index is -0.445. The van der Waals surface area contributed by atoms with E-state index >= 15 is 0 Å². The lowest BCUT2D eigenvalue weighted by molar-refractivity contribution is -0.120. The molecule has 0 aromatic heterocycles. The molecule has 1 aliphatic rings. The summed E-state index contributed by atoms with van der Waals surface area (Å²) in [4.78, 5) is 39.6. The van der Waals surface area contributed by atoms with Crippen molar-refractivity contribution in [3.63, 3.8) is 0 Å². The number of piperidine rings is 1. The van der Waals surface area contributed by atoms with E-state index in [9.17, 15) is 14.4 Å². The SMILES string of the molecule is CNC(=O)CCC(C=O)N(C)c1ccc(C2CCN(C)CC2)c2cccc(C=O)c12. The van der Waals surface area contributed by atoms with Crippen LogP contribution >= 0.6 is 0 Å². The first-order valence-electron chi connectivity index (χ1n) is 10.6. The number of anilines is 1. The zero-order chi connectivity index (χ0) is 21.7. The van der Waals surface area contributed by atoms with Crippen LogP contribution in [0.4, 0.5) is 5.69 Å². The van der Waals surface area contributed by atoms with E-state index in [0.717, 1.165) is 55.0 Å². The molecule has 6 heteroatoms. The number of likely N-dealkylation sites (tertiary alicyclic amines) is 1. The third-order valence-electron chi connectivity index (χ3n) is 6.35. The summed E-state index contributed by atoms with van der Waals surface area (Å²) in [5.41, 5.74) is 2.74. The molecule has 6 nitrogen and oxygen atoms in total. The molecule has 2 aromatic rings. The monoisotopic (exact) mass is 409 g/mol. The van der Waals surface area contributed by atoms with Crippen molar-refractivity contribution in [3.05, 3.63) is 41.5 Å². The maximum Gasteiger partial charge on any atom is 0.219 e. The van der Waals surface area contributed by atoms with Gasteiger partial charge in [-0.25, -0.2) is 0 Å². The van der Waals surface area contributed by atoms with Crippen molar-refractivity contribution >= 4 is 34.9 Å². The fraction of sp³-hybridized carbons (Fsp3) is 0.458. The number of hydrogen-bond acceptors (Lipinski definition) is 5. The fourth-order valence-electron chi connectivity index (χ4n) is 4.44. The van der Waals surface area contributed by atoms with E-state index in [4.69, 9.17) is 0 Å². The first kappa shape index (κ1) is 22.0. The molecule has 0 radical (unpaired) electrons. The Hall–Kier alpha value is -2.73. The van der Waals surface area contributed by atoms with Crippen LogP contribution in [-0.2, 0) is 9.59 Å². The molecule has 30 heavy (non-hydrogen) atoms. The molecule has 1 amide bonds. The second-order valence-electron chi connectivity index (χ2n) is 8.17. The highest BCUT2D eigenvalue weighted by Crippen LogP contribution is 2.38. The molecule has 1 atom stereocenters. The van der Waals surface area contributed by atoms with Gasteiger partial charge in [0.05, 0.1) is 6.04 Å². The van der Waals surface area contributed by atoms with Crippen molar-refractivity contribution in [2.24, 2.45) is 0 Å². The van der Waals surface area contributed by atoms with Crippen LogP contribution in [0.3, 0.4) is 0 Å². The molecular formula is C24H31N3O3. The minimum absolute atomic E-state index is 0.0914. The van der Waals surface area contributed by atoms with Gasteiger partial charge in [0.15, 0.2) is 6.29 Å². The van der Waals surface area contributed by atoms with Crippen molar-refractivity contribution in [1.82, 2.24) is 10.2 Å². The van der Waals surface area contributed by atoms with E-state index in [0.29, 0.717) is 17.9 Å². The number of benzene rings is 2. The van der Waals surface area contributed by atoms with E-state index < -0.39 is 6.04 Å². The largest absolute Gasteiger partial charge is 0.364 e. The van der Waals surface area contributed by atoms with Crippen LogP contribution in [0.5, 0.6) is 0 Å². The number of fused-ring (bicyclic) bond motifs is 1. The summed E-state index contributed by atoms with van der Waals surface area (Å²) in [7, 11) is 5.59. The minimum Gasteiger partial charge on any atom is -0.364 e. The Morgan fingerprint density at radius 3 is 2.60 bits per heavy atom. The maximum atomic E-state index is 11.9. The predicted molar refractivity (Wildman–Crippen MR) is 120 cm³/mol. The highest BCUT2D eigenvalue weighted by atomic mass is 16.1. The topological polar surface area (TPSA) is 69.7 Å². The molecule has 1 N–H and O–H groups in total. The number of nitrogens with zero attached hydrogens (tertiary/aromatic N) is 2. The molecule has 3 rings (SSSR count). The lowest BCUT2D eigenvalue weighted by Gasteiger charge is -2.32. The van der Waals surface area contributed by atoms with Gasteiger partial charge in [-0.1, -0.05) is 24.3 Å². The summed E-state index contributed by atoms with van der Waals surface area (Å²) in [5, 5.41) is 4.56. The van der Waals surface area contributed by atoms with Crippen LogP contribution in [-0.4, -0.2) is 63.7 Å². The molecule has 1 fully saturated rings. The van der Waals surface area contributed by atoms with E-state index in [-0.39, 0.29) is 12.3 Å². The molecule has 0 spiro atoms. The predicted octanol–water partition coefficient (Wildman–Crippen LogP) is 2.99. The van der Waals surface area contributed by atoms with Crippen LogP contribution in [0.25, 0.3) is 10.8 Å². The molecule has 0 saturated carbocycles. The summed E-state index contributed by atoms with van der Waals surface area (Å²) in [6.07, 6.45) is 4.64. The Bertz CT molecular complexity index is 919. The number of carbonyl (C=O) groups is 3. The van der Waals surface area contributed by atoms with Crippen molar-refractivity contribution < 1.29 is 14.4 Å². The number of nitrogens with one attached hydrogen (secondary N) is 1. The number of aldehydes is 2. The third-order valence-corrected chi connectivity index (χ3v) is 6.35. The second-order valence-corrected chi connectivity index (χ2v) is 8.17. The third kappa shape index (κ3) is 4.54. The lowest BCUT2D eigenvalue weighted by Crippen LogP contribution is -2.34. The van der Waals surface area contributed by atoms with Crippen molar-refractivity contribution in [1.29, 1.82) is 0 Å². The smallest absolute Gasteiger partial charge is 0.219 e. The average molecular weight is 410 g/mol. The van der Waals surface area contributed by atoms with Gasteiger partial charge in [-0.05, 0) is 62.3 Å². The van der Waals surface area contributed by atoms with Crippen LogP contribution < -0.4 is 10.2 Å². The zero-order valence-electron chi connectivity index (χ0n) is 18.1. The van der Waals surface area contributed by atoms with Gasteiger partial charge in [-0.2, -0.15) is 0 Å². The van der Waals surface area contributed by atoms with Crippen molar-refractivity contribution in [3.8, 4) is 0 Å².